The molecule has 0 amide bonds. The lowest BCUT2D eigenvalue weighted by molar-refractivity contribution is 0.432. The third kappa shape index (κ3) is 2.05. The topological polar surface area (TPSA) is 69.6 Å². The monoisotopic (exact) mass is 291 g/mol. The Kier molecular flexibility index (Phi) is 2.93. The standard InChI is InChI=1S/C16H13N5O/c1-2-21-10-18-13-9-12(3-4-14(13)21)15-19-16(22-20-15)11-5-7-17-8-6-11/h3-10H,2H2,1H3. The quantitative estimate of drug-likeness (QED) is 0.580. The summed E-state index contributed by atoms with van der Waals surface area (Å²) in [4.78, 5) is 12.8. The maximum atomic E-state index is 5.33. The summed E-state index contributed by atoms with van der Waals surface area (Å²) >= 11 is 0. The lowest BCUT2D eigenvalue weighted by atomic mass is 10.2. The van der Waals surface area contributed by atoms with E-state index in [-0.39, 0.29) is 0 Å². The Labute approximate surface area is 126 Å². The summed E-state index contributed by atoms with van der Waals surface area (Å²) in [6.45, 7) is 2.99. The molecule has 0 saturated carbocycles. The summed E-state index contributed by atoms with van der Waals surface area (Å²) in [5.74, 6) is 1.04. The van der Waals surface area contributed by atoms with Gasteiger partial charge in [-0.05, 0) is 37.3 Å². The molecule has 0 fully saturated rings. The van der Waals surface area contributed by atoms with Crippen molar-refractivity contribution in [1.82, 2.24) is 24.7 Å². The predicted molar refractivity (Wildman–Crippen MR) is 81.9 cm³/mol. The lowest BCUT2D eigenvalue weighted by Gasteiger charge is -1.99. The molecule has 1 aromatic carbocycles. The highest BCUT2D eigenvalue weighted by molar-refractivity contribution is 5.80. The average molecular weight is 291 g/mol. The fourth-order valence-corrected chi connectivity index (χ4v) is 2.41. The number of pyridine rings is 1. The first-order chi connectivity index (χ1) is 10.8. The number of aryl methyl sites for hydroxylation is 1. The van der Waals surface area contributed by atoms with Gasteiger partial charge in [-0.2, -0.15) is 4.98 Å². The third-order valence-electron chi connectivity index (χ3n) is 3.57. The van der Waals surface area contributed by atoms with Gasteiger partial charge >= 0.3 is 0 Å². The van der Waals surface area contributed by atoms with Crippen LogP contribution in [0, 0.1) is 0 Å². The van der Waals surface area contributed by atoms with Crippen LogP contribution in [-0.4, -0.2) is 24.7 Å². The Morgan fingerprint density at radius 3 is 2.77 bits per heavy atom. The predicted octanol–water partition coefficient (Wildman–Crippen LogP) is 3.17. The Morgan fingerprint density at radius 1 is 1.09 bits per heavy atom. The van der Waals surface area contributed by atoms with Crippen molar-refractivity contribution in [3.05, 3.63) is 49.1 Å². The minimum atomic E-state index is 0.483. The zero-order valence-corrected chi connectivity index (χ0v) is 12.0. The van der Waals surface area contributed by atoms with Crippen LogP contribution in [0.2, 0.25) is 0 Å². The fourth-order valence-electron chi connectivity index (χ4n) is 2.41. The highest BCUT2D eigenvalue weighted by atomic mass is 16.5. The number of hydrogen-bond donors (Lipinski definition) is 0. The van der Waals surface area contributed by atoms with Gasteiger partial charge < -0.3 is 9.09 Å². The van der Waals surface area contributed by atoms with Gasteiger partial charge in [0.2, 0.25) is 5.82 Å². The first-order valence-corrected chi connectivity index (χ1v) is 7.04. The summed E-state index contributed by atoms with van der Waals surface area (Å²) in [5, 5.41) is 4.06. The molecule has 0 N–H and O–H groups in total. The third-order valence-corrected chi connectivity index (χ3v) is 3.57. The van der Waals surface area contributed by atoms with Crippen LogP contribution < -0.4 is 0 Å². The van der Waals surface area contributed by atoms with Crippen LogP contribution in [0.1, 0.15) is 6.92 Å². The Balaban J connectivity index is 1.75. The molecule has 0 unspecified atom stereocenters. The molecule has 0 spiro atoms. The van der Waals surface area contributed by atoms with Crippen LogP contribution in [0.25, 0.3) is 33.9 Å². The largest absolute Gasteiger partial charge is 0.334 e. The van der Waals surface area contributed by atoms with E-state index in [0.717, 1.165) is 28.7 Å². The van der Waals surface area contributed by atoms with Crippen LogP contribution in [0.15, 0.2) is 53.6 Å². The Morgan fingerprint density at radius 2 is 1.95 bits per heavy atom. The van der Waals surface area contributed by atoms with Crippen LogP contribution in [0.5, 0.6) is 0 Å². The van der Waals surface area contributed by atoms with Crippen LogP contribution in [0.3, 0.4) is 0 Å². The van der Waals surface area contributed by atoms with Gasteiger partial charge in [-0.15, -0.1) is 0 Å². The number of aromatic nitrogens is 5. The van der Waals surface area contributed by atoms with Crippen LogP contribution >= 0.6 is 0 Å². The number of benzene rings is 1. The summed E-state index contributed by atoms with van der Waals surface area (Å²) in [7, 11) is 0. The molecule has 4 rings (SSSR count). The number of rotatable bonds is 3. The molecule has 0 aliphatic carbocycles. The first kappa shape index (κ1) is 12.7. The summed E-state index contributed by atoms with van der Waals surface area (Å²) in [6, 6.07) is 9.66. The van der Waals surface area contributed by atoms with Crippen LogP contribution in [0.4, 0.5) is 0 Å². The van der Waals surface area contributed by atoms with Crippen molar-refractivity contribution < 1.29 is 4.52 Å². The van der Waals surface area contributed by atoms with E-state index in [1.807, 2.05) is 36.7 Å². The molecule has 0 saturated heterocycles. The van der Waals surface area contributed by atoms with E-state index < -0.39 is 0 Å². The molecule has 0 aliphatic heterocycles. The smallest absolute Gasteiger partial charge is 0.258 e. The van der Waals surface area contributed by atoms with E-state index in [9.17, 15) is 0 Å². The Hall–Kier alpha value is -3.02. The summed E-state index contributed by atoms with van der Waals surface area (Å²) in [5.41, 5.74) is 3.77. The second kappa shape index (κ2) is 5.07. The van der Waals surface area contributed by atoms with Crippen molar-refractivity contribution in [2.75, 3.05) is 0 Å². The molecule has 0 atom stereocenters. The van der Waals surface area contributed by atoms with E-state index in [1.165, 1.54) is 0 Å². The van der Waals surface area contributed by atoms with Gasteiger partial charge in [-0.1, -0.05) is 5.16 Å². The molecular formula is C16H13N5O. The average Bonchev–Trinajstić information content (AvgIpc) is 3.22. The van der Waals surface area contributed by atoms with Crippen molar-refractivity contribution >= 4 is 11.0 Å². The molecule has 0 radical (unpaired) electrons. The fraction of sp³-hybridized carbons (Fsp3) is 0.125. The van der Waals surface area contributed by atoms with Crippen molar-refractivity contribution in [2.24, 2.45) is 0 Å². The number of fused-ring (bicyclic) bond motifs is 1. The molecule has 3 heterocycles. The van der Waals surface area contributed by atoms with E-state index in [2.05, 4.69) is 31.6 Å². The normalized spacial score (nSPS) is 11.1. The van der Waals surface area contributed by atoms with E-state index >= 15 is 0 Å². The molecule has 4 aromatic rings. The van der Waals surface area contributed by atoms with Gasteiger partial charge in [0.1, 0.15) is 0 Å². The van der Waals surface area contributed by atoms with Crippen molar-refractivity contribution in [2.45, 2.75) is 13.5 Å². The zero-order chi connectivity index (χ0) is 14.9. The lowest BCUT2D eigenvalue weighted by Crippen LogP contribution is -1.90. The summed E-state index contributed by atoms with van der Waals surface area (Å²) in [6.07, 6.45) is 5.23. The van der Waals surface area contributed by atoms with Crippen molar-refractivity contribution in [3.8, 4) is 22.8 Å². The number of nitrogens with zero attached hydrogens (tertiary/aromatic N) is 5. The molecule has 22 heavy (non-hydrogen) atoms. The van der Waals surface area contributed by atoms with Crippen LogP contribution in [-0.2, 0) is 6.54 Å². The van der Waals surface area contributed by atoms with Crippen molar-refractivity contribution in [3.63, 3.8) is 0 Å². The second-order valence-corrected chi connectivity index (χ2v) is 4.89. The summed E-state index contributed by atoms with van der Waals surface area (Å²) < 4.78 is 7.42. The van der Waals surface area contributed by atoms with Crippen molar-refractivity contribution in [1.29, 1.82) is 0 Å². The minimum absolute atomic E-state index is 0.483. The molecule has 0 bridgehead atoms. The van der Waals surface area contributed by atoms with Gasteiger partial charge in [0, 0.05) is 30.1 Å². The SMILES string of the molecule is CCn1cnc2cc(-c3noc(-c4ccncc4)n3)ccc21. The maximum Gasteiger partial charge on any atom is 0.258 e. The molecule has 0 aliphatic rings. The van der Waals surface area contributed by atoms with Gasteiger partial charge in [-0.25, -0.2) is 4.98 Å². The Bertz CT molecular complexity index is 926. The van der Waals surface area contributed by atoms with E-state index in [0.29, 0.717) is 11.7 Å². The minimum Gasteiger partial charge on any atom is -0.334 e. The number of imidazole rings is 1. The molecule has 3 aromatic heterocycles. The van der Waals surface area contributed by atoms with E-state index in [1.54, 1.807) is 12.4 Å². The maximum absolute atomic E-state index is 5.33. The van der Waals surface area contributed by atoms with Gasteiger partial charge in [-0.3, -0.25) is 4.98 Å². The van der Waals surface area contributed by atoms with Gasteiger partial charge in [0.25, 0.3) is 5.89 Å². The van der Waals surface area contributed by atoms with Gasteiger partial charge in [0.05, 0.1) is 17.4 Å². The highest BCUT2D eigenvalue weighted by Crippen LogP contribution is 2.24. The molecule has 108 valence electrons. The second-order valence-electron chi connectivity index (χ2n) is 4.89. The molecular weight excluding hydrogens is 278 g/mol. The first-order valence-electron chi connectivity index (χ1n) is 7.04. The van der Waals surface area contributed by atoms with E-state index in [4.69, 9.17) is 4.52 Å². The highest BCUT2D eigenvalue weighted by Gasteiger charge is 2.12. The van der Waals surface area contributed by atoms with Gasteiger partial charge in [0.15, 0.2) is 0 Å². The molecule has 6 heteroatoms. The molecule has 6 nitrogen and oxygen atoms in total. The zero-order valence-electron chi connectivity index (χ0n) is 12.0. The number of hydrogen-bond acceptors (Lipinski definition) is 5.